The van der Waals surface area contributed by atoms with Gasteiger partial charge in [-0.05, 0) is 18.1 Å². The van der Waals surface area contributed by atoms with Crippen molar-refractivity contribution >= 4 is 22.6 Å². The standard InChI is InChI=1S/C15H19N3O2/c1-9(2)8-17-15(20)12-13(19)10-6-4-5-7-11(10)18(3)14(12)16/h4-7,9H,8,16H2,1-3H3,(H,17,20). The van der Waals surface area contributed by atoms with E-state index in [9.17, 15) is 9.59 Å². The van der Waals surface area contributed by atoms with Crippen molar-refractivity contribution < 1.29 is 4.79 Å². The van der Waals surface area contributed by atoms with Crippen molar-refractivity contribution in [2.45, 2.75) is 13.8 Å². The number of pyridine rings is 1. The molecule has 1 aromatic carbocycles. The molecule has 0 fully saturated rings. The minimum Gasteiger partial charge on any atom is -0.384 e. The summed E-state index contributed by atoms with van der Waals surface area (Å²) in [4.78, 5) is 24.6. The number of carbonyl (C=O) groups is 1. The average Bonchev–Trinajstić information content (AvgIpc) is 2.43. The van der Waals surface area contributed by atoms with Gasteiger partial charge in [0.05, 0.1) is 5.52 Å². The number of anilines is 1. The van der Waals surface area contributed by atoms with E-state index in [-0.39, 0.29) is 16.8 Å². The normalized spacial score (nSPS) is 11.0. The second kappa shape index (κ2) is 5.36. The summed E-state index contributed by atoms with van der Waals surface area (Å²) >= 11 is 0. The van der Waals surface area contributed by atoms with Crippen molar-refractivity contribution in [1.29, 1.82) is 0 Å². The number of fused-ring (bicyclic) bond motifs is 1. The number of nitrogens with zero attached hydrogens (tertiary/aromatic N) is 1. The summed E-state index contributed by atoms with van der Waals surface area (Å²) in [6.07, 6.45) is 0. The van der Waals surface area contributed by atoms with Crippen LogP contribution in [0.3, 0.4) is 0 Å². The molecule has 0 radical (unpaired) electrons. The van der Waals surface area contributed by atoms with Gasteiger partial charge in [-0.3, -0.25) is 9.59 Å². The van der Waals surface area contributed by atoms with E-state index in [4.69, 9.17) is 5.73 Å². The Morgan fingerprint density at radius 3 is 2.65 bits per heavy atom. The van der Waals surface area contributed by atoms with Crippen molar-refractivity contribution in [1.82, 2.24) is 9.88 Å². The molecule has 0 unspecified atom stereocenters. The highest BCUT2D eigenvalue weighted by molar-refractivity contribution is 6.01. The maximum Gasteiger partial charge on any atom is 0.258 e. The lowest BCUT2D eigenvalue weighted by molar-refractivity contribution is 0.0948. The van der Waals surface area contributed by atoms with Crippen LogP contribution < -0.4 is 16.5 Å². The number of rotatable bonds is 3. The van der Waals surface area contributed by atoms with Crippen LogP contribution in [0, 0.1) is 5.92 Å². The zero-order chi connectivity index (χ0) is 14.9. The van der Waals surface area contributed by atoms with Crippen LogP contribution in [0.5, 0.6) is 0 Å². The summed E-state index contributed by atoms with van der Waals surface area (Å²) in [6, 6.07) is 7.12. The molecule has 0 spiro atoms. The van der Waals surface area contributed by atoms with Gasteiger partial charge >= 0.3 is 0 Å². The predicted octanol–water partition coefficient (Wildman–Crippen LogP) is 1.51. The first-order valence-corrected chi connectivity index (χ1v) is 6.59. The molecule has 2 rings (SSSR count). The quantitative estimate of drug-likeness (QED) is 0.889. The van der Waals surface area contributed by atoms with Gasteiger partial charge in [0.25, 0.3) is 5.91 Å². The summed E-state index contributed by atoms with van der Waals surface area (Å²) < 4.78 is 1.67. The summed E-state index contributed by atoms with van der Waals surface area (Å²) in [5.74, 6) is 0.0852. The molecule has 2 aromatic rings. The van der Waals surface area contributed by atoms with Gasteiger partial charge in [-0.1, -0.05) is 26.0 Å². The number of nitrogens with two attached hydrogens (primary N) is 1. The van der Waals surface area contributed by atoms with Crippen LogP contribution in [0.25, 0.3) is 10.9 Å². The van der Waals surface area contributed by atoms with Gasteiger partial charge in [0.15, 0.2) is 0 Å². The average molecular weight is 273 g/mol. The van der Waals surface area contributed by atoms with Crippen LogP contribution in [-0.2, 0) is 7.05 Å². The molecule has 1 heterocycles. The Bertz CT molecular complexity index is 717. The van der Waals surface area contributed by atoms with Crippen molar-refractivity contribution in [3.05, 3.63) is 40.1 Å². The molecule has 0 aliphatic rings. The van der Waals surface area contributed by atoms with Crippen LogP contribution >= 0.6 is 0 Å². The summed E-state index contributed by atoms with van der Waals surface area (Å²) in [5, 5.41) is 3.24. The maximum absolute atomic E-state index is 12.4. The van der Waals surface area contributed by atoms with E-state index in [1.165, 1.54) is 0 Å². The second-order valence-corrected chi connectivity index (χ2v) is 5.27. The monoisotopic (exact) mass is 273 g/mol. The Hall–Kier alpha value is -2.30. The molecule has 1 amide bonds. The number of aryl methyl sites for hydroxylation is 1. The number of nitrogens with one attached hydrogen (secondary N) is 1. The molecule has 3 N–H and O–H groups in total. The molecule has 20 heavy (non-hydrogen) atoms. The zero-order valence-corrected chi connectivity index (χ0v) is 11.9. The number of hydrogen-bond donors (Lipinski definition) is 2. The van der Waals surface area contributed by atoms with Gasteiger partial charge in [0.2, 0.25) is 5.43 Å². The number of carbonyl (C=O) groups excluding carboxylic acids is 1. The molecule has 0 aliphatic heterocycles. The molecule has 0 saturated heterocycles. The number of hydrogen-bond acceptors (Lipinski definition) is 3. The molecule has 5 heteroatoms. The fourth-order valence-corrected chi connectivity index (χ4v) is 2.11. The molecular weight excluding hydrogens is 254 g/mol. The van der Waals surface area contributed by atoms with Gasteiger partial charge in [-0.2, -0.15) is 0 Å². The third-order valence-corrected chi connectivity index (χ3v) is 3.25. The van der Waals surface area contributed by atoms with Gasteiger partial charge in [0, 0.05) is 19.0 Å². The van der Waals surface area contributed by atoms with Crippen LogP contribution in [0.1, 0.15) is 24.2 Å². The lowest BCUT2D eigenvalue weighted by Crippen LogP contribution is -2.33. The number of benzene rings is 1. The fraction of sp³-hybridized carbons (Fsp3) is 0.333. The van der Waals surface area contributed by atoms with E-state index in [0.29, 0.717) is 17.8 Å². The van der Waals surface area contributed by atoms with E-state index >= 15 is 0 Å². The molecule has 0 bridgehead atoms. The fourth-order valence-electron chi connectivity index (χ4n) is 2.11. The minimum atomic E-state index is -0.414. The van der Waals surface area contributed by atoms with E-state index in [2.05, 4.69) is 5.32 Å². The topological polar surface area (TPSA) is 77.1 Å². The summed E-state index contributed by atoms with van der Waals surface area (Å²) in [5.41, 5.74) is 6.38. The van der Waals surface area contributed by atoms with Crippen molar-refractivity contribution in [3.8, 4) is 0 Å². The Kier molecular flexibility index (Phi) is 3.79. The zero-order valence-electron chi connectivity index (χ0n) is 11.9. The highest BCUT2D eigenvalue weighted by Crippen LogP contribution is 2.16. The first-order valence-electron chi connectivity index (χ1n) is 6.59. The molecule has 5 nitrogen and oxygen atoms in total. The molecule has 106 valence electrons. The number of amides is 1. The highest BCUT2D eigenvalue weighted by Gasteiger charge is 2.19. The van der Waals surface area contributed by atoms with Crippen LogP contribution in [0.15, 0.2) is 29.1 Å². The van der Waals surface area contributed by atoms with Crippen LogP contribution in [0.4, 0.5) is 5.82 Å². The van der Waals surface area contributed by atoms with Gasteiger partial charge in [0.1, 0.15) is 11.4 Å². The molecule has 0 atom stereocenters. The predicted molar refractivity (Wildman–Crippen MR) is 80.8 cm³/mol. The molecule has 0 saturated carbocycles. The van der Waals surface area contributed by atoms with Crippen LogP contribution in [0.2, 0.25) is 0 Å². The Morgan fingerprint density at radius 1 is 1.35 bits per heavy atom. The Morgan fingerprint density at radius 2 is 2.00 bits per heavy atom. The lowest BCUT2D eigenvalue weighted by atomic mass is 10.1. The second-order valence-electron chi connectivity index (χ2n) is 5.27. The van der Waals surface area contributed by atoms with E-state index in [1.54, 1.807) is 23.7 Å². The number of para-hydroxylation sites is 1. The van der Waals surface area contributed by atoms with E-state index in [0.717, 1.165) is 5.52 Å². The van der Waals surface area contributed by atoms with Crippen LogP contribution in [-0.4, -0.2) is 17.0 Å². The largest absolute Gasteiger partial charge is 0.384 e. The van der Waals surface area contributed by atoms with Gasteiger partial charge in [-0.25, -0.2) is 0 Å². The molecular formula is C15H19N3O2. The summed E-state index contributed by atoms with van der Waals surface area (Å²) in [6.45, 7) is 4.48. The molecule has 0 aliphatic carbocycles. The first-order chi connectivity index (χ1) is 9.43. The smallest absolute Gasteiger partial charge is 0.258 e. The van der Waals surface area contributed by atoms with Gasteiger partial charge < -0.3 is 15.6 Å². The SMILES string of the molecule is CC(C)CNC(=O)c1c(N)n(C)c2ccccc2c1=O. The van der Waals surface area contributed by atoms with E-state index < -0.39 is 5.91 Å². The number of nitrogen functional groups attached to an aromatic ring is 1. The summed E-state index contributed by atoms with van der Waals surface area (Å²) in [7, 11) is 1.75. The molecule has 1 aromatic heterocycles. The highest BCUT2D eigenvalue weighted by atomic mass is 16.2. The first kappa shape index (κ1) is 14.1. The minimum absolute atomic E-state index is 0.0202. The van der Waals surface area contributed by atoms with Crippen molar-refractivity contribution in [3.63, 3.8) is 0 Å². The van der Waals surface area contributed by atoms with E-state index in [1.807, 2.05) is 26.0 Å². The number of aromatic nitrogens is 1. The van der Waals surface area contributed by atoms with Crippen molar-refractivity contribution in [2.24, 2.45) is 13.0 Å². The Labute approximate surface area is 117 Å². The van der Waals surface area contributed by atoms with Crippen molar-refractivity contribution in [2.75, 3.05) is 12.3 Å². The lowest BCUT2D eigenvalue weighted by Gasteiger charge is -2.14. The third kappa shape index (κ3) is 2.39. The maximum atomic E-state index is 12.4. The third-order valence-electron chi connectivity index (χ3n) is 3.25. The Balaban J connectivity index is 2.59. The van der Waals surface area contributed by atoms with Gasteiger partial charge in [-0.15, -0.1) is 0 Å².